The lowest BCUT2D eigenvalue weighted by molar-refractivity contribution is 0.119. The van der Waals surface area contributed by atoms with E-state index in [0.29, 0.717) is 0 Å². The number of piperidine rings is 1. The fourth-order valence-corrected chi connectivity index (χ4v) is 2.30. The smallest absolute Gasteiger partial charge is 0.00924 e. The molecule has 1 fully saturated rings. The highest BCUT2D eigenvalue weighted by Crippen LogP contribution is 2.19. The van der Waals surface area contributed by atoms with E-state index < -0.39 is 0 Å². The number of nitrogens with zero attached hydrogens (tertiary/aromatic N) is 1. The molecular weight excluding hydrogens is 172 g/mol. The van der Waals surface area contributed by atoms with Gasteiger partial charge in [0.1, 0.15) is 0 Å². The van der Waals surface area contributed by atoms with Gasteiger partial charge < -0.3 is 10.2 Å². The molecule has 1 aliphatic heterocycles. The first-order chi connectivity index (χ1) is 6.69. The topological polar surface area (TPSA) is 15.3 Å². The predicted molar refractivity (Wildman–Crippen MR) is 62.6 cm³/mol. The minimum atomic E-state index is 0.760. The molecule has 0 saturated carbocycles. The Morgan fingerprint density at radius 2 is 1.86 bits per heavy atom. The minimum absolute atomic E-state index is 0.760. The van der Waals surface area contributed by atoms with Crippen molar-refractivity contribution in [2.75, 3.05) is 20.1 Å². The Bertz CT molecular complexity index is 150. The first-order valence-corrected chi connectivity index (χ1v) is 6.10. The first kappa shape index (κ1) is 12.0. The SMILES string of the molecule is CCC(C)C(C)N1CCC(NC)CC1. The van der Waals surface area contributed by atoms with E-state index in [2.05, 4.69) is 38.0 Å². The van der Waals surface area contributed by atoms with Crippen molar-refractivity contribution in [2.24, 2.45) is 5.92 Å². The van der Waals surface area contributed by atoms with Crippen molar-refractivity contribution < 1.29 is 0 Å². The Hall–Kier alpha value is -0.0800. The largest absolute Gasteiger partial charge is 0.317 e. The van der Waals surface area contributed by atoms with Crippen LogP contribution in [0.2, 0.25) is 0 Å². The molecule has 0 aromatic rings. The van der Waals surface area contributed by atoms with Gasteiger partial charge in [-0.2, -0.15) is 0 Å². The maximum Gasteiger partial charge on any atom is 0.00924 e. The van der Waals surface area contributed by atoms with Gasteiger partial charge in [-0.3, -0.25) is 0 Å². The molecule has 0 bridgehead atoms. The molecule has 0 amide bonds. The van der Waals surface area contributed by atoms with E-state index in [4.69, 9.17) is 0 Å². The highest BCUT2D eigenvalue weighted by atomic mass is 15.2. The lowest BCUT2D eigenvalue weighted by Gasteiger charge is -2.38. The molecule has 0 radical (unpaired) electrons. The lowest BCUT2D eigenvalue weighted by Crippen LogP contribution is -2.46. The van der Waals surface area contributed by atoms with Crippen LogP contribution in [0.5, 0.6) is 0 Å². The van der Waals surface area contributed by atoms with Crippen molar-refractivity contribution >= 4 is 0 Å². The van der Waals surface area contributed by atoms with Crippen LogP contribution in [0.3, 0.4) is 0 Å². The first-order valence-electron chi connectivity index (χ1n) is 6.10. The monoisotopic (exact) mass is 198 g/mol. The summed E-state index contributed by atoms with van der Waals surface area (Å²) in [7, 11) is 2.08. The third-order valence-corrected chi connectivity index (χ3v) is 3.98. The fourth-order valence-electron chi connectivity index (χ4n) is 2.30. The molecule has 2 heteroatoms. The van der Waals surface area contributed by atoms with E-state index in [1.54, 1.807) is 0 Å². The van der Waals surface area contributed by atoms with Gasteiger partial charge in [-0.1, -0.05) is 20.3 Å². The molecule has 14 heavy (non-hydrogen) atoms. The van der Waals surface area contributed by atoms with Crippen LogP contribution in [0.4, 0.5) is 0 Å². The van der Waals surface area contributed by atoms with Crippen LogP contribution in [0.15, 0.2) is 0 Å². The molecule has 0 spiro atoms. The number of hydrogen-bond acceptors (Lipinski definition) is 2. The summed E-state index contributed by atoms with van der Waals surface area (Å²) >= 11 is 0. The molecular formula is C12H26N2. The van der Waals surface area contributed by atoms with Gasteiger partial charge in [0, 0.05) is 12.1 Å². The second-order valence-corrected chi connectivity index (χ2v) is 4.73. The molecule has 2 nitrogen and oxygen atoms in total. The van der Waals surface area contributed by atoms with Crippen molar-refractivity contribution in [1.82, 2.24) is 10.2 Å². The Morgan fingerprint density at radius 1 is 1.29 bits per heavy atom. The Kier molecular flexibility index (Phi) is 4.90. The highest BCUT2D eigenvalue weighted by Gasteiger charge is 2.23. The molecule has 2 atom stereocenters. The number of rotatable bonds is 4. The van der Waals surface area contributed by atoms with Crippen molar-refractivity contribution in [3.8, 4) is 0 Å². The van der Waals surface area contributed by atoms with E-state index in [9.17, 15) is 0 Å². The van der Waals surface area contributed by atoms with Crippen LogP contribution in [0.25, 0.3) is 0 Å². The Balaban J connectivity index is 2.33. The zero-order chi connectivity index (χ0) is 10.6. The van der Waals surface area contributed by atoms with Crippen molar-refractivity contribution in [3.63, 3.8) is 0 Å². The second kappa shape index (κ2) is 5.72. The zero-order valence-corrected chi connectivity index (χ0v) is 10.2. The van der Waals surface area contributed by atoms with Gasteiger partial charge in [-0.15, -0.1) is 0 Å². The number of hydrogen-bond donors (Lipinski definition) is 1. The van der Waals surface area contributed by atoms with Crippen molar-refractivity contribution in [1.29, 1.82) is 0 Å². The van der Waals surface area contributed by atoms with Crippen LogP contribution in [0, 0.1) is 5.92 Å². The van der Waals surface area contributed by atoms with Crippen LogP contribution < -0.4 is 5.32 Å². The third-order valence-electron chi connectivity index (χ3n) is 3.98. The number of nitrogens with one attached hydrogen (secondary N) is 1. The lowest BCUT2D eigenvalue weighted by atomic mass is 9.96. The Labute approximate surface area is 89.1 Å². The predicted octanol–water partition coefficient (Wildman–Crippen LogP) is 2.10. The molecule has 84 valence electrons. The van der Waals surface area contributed by atoms with E-state index in [0.717, 1.165) is 18.0 Å². The summed E-state index contributed by atoms with van der Waals surface area (Å²) in [5.41, 5.74) is 0. The maximum absolute atomic E-state index is 3.38. The fraction of sp³-hybridized carbons (Fsp3) is 1.00. The molecule has 0 aromatic carbocycles. The zero-order valence-electron chi connectivity index (χ0n) is 10.2. The van der Waals surface area contributed by atoms with E-state index in [1.165, 1.54) is 32.4 Å². The summed E-state index contributed by atoms with van der Waals surface area (Å²) in [4.78, 5) is 2.65. The van der Waals surface area contributed by atoms with Crippen LogP contribution in [-0.2, 0) is 0 Å². The Morgan fingerprint density at radius 3 is 2.29 bits per heavy atom. The van der Waals surface area contributed by atoms with Gasteiger partial charge in [0.05, 0.1) is 0 Å². The van der Waals surface area contributed by atoms with Gasteiger partial charge >= 0.3 is 0 Å². The molecule has 1 saturated heterocycles. The average Bonchev–Trinajstić information content (AvgIpc) is 2.27. The maximum atomic E-state index is 3.38. The van der Waals surface area contributed by atoms with Crippen molar-refractivity contribution in [3.05, 3.63) is 0 Å². The van der Waals surface area contributed by atoms with Gasteiger partial charge in [0.2, 0.25) is 0 Å². The molecule has 1 heterocycles. The standard InChI is InChI=1S/C12H26N2/c1-5-10(2)11(3)14-8-6-12(13-4)7-9-14/h10-13H,5-9H2,1-4H3. The summed E-state index contributed by atoms with van der Waals surface area (Å²) in [6.07, 6.45) is 3.93. The minimum Gasteiger partial charge on any atom is -0.317 e. The van der Waals surface area contributed by atoms with E-state index in [-0.39, 0.29) is 0 Å². The summed E-state index contributed by atoms with van der Waals surface area (Å²) in [5.74, 6) is 0.834. The molecule has 1 rings (SSSR count). The van der Waals surface area contributed by atoms with Gasteiger partial charge in [0.25, 0.3) is 0 Å². The summed E-state index contributed by atoms with van der Waals surface area (Å²) in [5, 5.41) is 3.38. The van der Waals surface area contributed by atoms with Gasteiger partial charge in [-0.05, 0) is 45.8 Å². The highest BCUT2D eigenvalue weighted by molar-refractivity contribution is 4.80. The summed E-state index contributed by atoms with van der Waals surface area (Å²) in [6, 6.07) is 1.52. The normalized spacial score (nSPS) is 24.9. The average molecular weight is 198 g/mol. The van der Waals surface area contributed by atoms with Crippen LogP contribution in [-0.4, -0.2) is 37.1 Å². The summed E-state index contributed by atoms with van der Waals surface area (Å²) < 4.78 is 0. The second-order valence-electron chi connectivity index (χ2n) is 4.73. The van der Waals surface area contributed by atoms with Gasteiger partial charge in [-0.25, -0.2) is 0 Å². The van der Waals surface area contributed by atoms with E-state index >= 15 is 0 Å². The molecule has 2 unspecified atom stereocenters. The molecule has 0 aromatic heterocycles. The van der Waals surface area contributed by atoms with E-state index in [1.807, 2.05) is 0 Å². The quantitative estimate of drug-likeness (QED) is 0.744. The van der Waals surface area contributed by atoms with Crippen molar-refractivity contribution in [2.45, 2.75) is 52.1 Å². The molecule has 0 aliphatic carbocycles. The molecule has 1 N–H and O–H groups in total. The van der Waals surface area contributed by atoms with Crippen LogP contribution in [0.1, 0.15) is 40.0 Å². The number of likely N-dealkylation sites (tertiary alicyclic amines) is 1. The summed E-state index contributed by atoms with van der Waals surface area (Å²) in [6.45, 7) is 9.60. The molecule has 1 aliphatic rings. The van der Waals surface area contributed by atoms with Gasteiger partial charge in [0.15, 0.2) is 0 Å². The third kappa shape index (κ3) is 2.96. The van der Waals surface area contributed by atoms with Crippen LogP contribution >= 0.6 is 0 Å².